The Bertz CT molecular complexity index is 918. The molecule has 0 spiro atoms. The number of nitrogens with zero attached hydrogens (tertiary/aromatic N) is 1. The lowest BCUT2D eigenvalue weighted by Gasteiger charge is -2.28. The van der Waals surface area contributed by atoms with Crippen LogP contribution in [0.5, 0.6) is 0 Å². The third-order valence-corrected chi connectivity index (χ3v) is 9.41. The first-order valence-electron chi connectivity index (χ1n) is 20.0. The fourth-order valence-electron chi connectivity index (χ4n) is 5.23. The van der Waals surface area contributed by atoms with E-state index in [1.807, 2.05) is 21.1 Å². The molecule has 0 aromatic heterocycles. The second-order valence-electron chi connectivity index (χ2n) is 14.6. The van der Waals surface area contributed by atoms with Crippen molar-refractivity contribution in [1.29, 1.82) is 0 Å². The highest BCUT2D eigenvalue weighted by Gasteiger charge is 2.21. The molecule has 0 bridgehead atoms. The number of carbonyl (C=O) groups excluding carboxylic acids is 2. The molecule has 0 N–H and O–H groups in total. The number of unbranched alkanes of at least 4 members (excludes halogenated alkanes) is 18. The highest BCUT2D eigenvalue weighted by Crippen LogP contribution is 2.38. The van der Waals surface area contributed by atoms with E-state index in [1.54, 1.807) is 0 Å². The van der Waals surface area contributed by atoms with Gasteiger partial charge >= 0.3 is 11.9 Å². The van der Waals surface area contributed by atoms with Crippen LogP contribution in [0.1, 0.15) is 168 Å². The molecule has 0 aromatic carbocycles. The van der Waals surface area contributed by atoms with Crippen molar-refractivity contribution in [3.05, 3.63) is 24.3 Å². The quantitative estimate of drug-likeness (QED) is 0.0206. The van der Waals surface area contributed by atoms with Crippen LogP contribution in [0.3, 0.4) is 0 Å². The topological polar surface area (TPSA) is 111 Å². The Hall–Kier alpha value is -1.51. The van der Waals surface area contributed by atoms with Crippen LogP contribution in [0.4, 0.5) is 0 Å². The summed E-state index contributed by atoms with van der Waals surface area (Å²) in [6, 6.07) is 0. The van der Waals surface area contributed by atoms with Crippen LogP contribution in [-0.2, 0) is 32.7 Å². The van der Waals surface area contributed by atoms with E-state index in [-0.39, 0.29) is 26.1 Å². The number of phosphoric ester groups is 1. The van der Waals surface area contributed by atoms with Crippen LogP contribution in [0.2, 0.25) is 0 Å². The summed E-state index contributed by atoms with van der Waals surface area (Å²) in [7, 11) is 1.15. The lowest BCUT2D eigenvalue weighted by atomic mass is 10.1. The number of hydrogen-bond donors (Lipinski definition) is 0. The van der Waals surface area contributed by atoms with E-state index in [1.165, 1.54) is 70.6 Å². The van der Waals surface area contributed by atoms with Gasteiger partial charge in [-0.1, -0.05) is 115 Å². The molecule has 10 heteroatoms. The average molecular weight is 730 g/mol. The van der Waals surface area contributed by atoms with Crippen LogP contribution in [0, 0.1) is 0 Å². The van der Waals surface area contributed by atoms with E-state index in [0.29, 0.717) is 17.4 Å². The minimum absolute atomic E-state index is 0.0339. The second-order valence-corrected chi connectivity index (χ2v) is 16.1. The van der Waals surface area contributed by atoms with E-state index >= 15 is 0 Å². The largest absolute Gasteiger partial charge is 0.756 e. The van der Waals surface area contributed by atoms with Crippen molar-refractivity contribution in [2.45, 2.75) is 174 Å². The Morgan fingerprint density at radius 3 is 1.52 bits per heavy atom. The summed E-state index contributed by atoms with van der Waals surface area (Å²) in [5.74, 6) is -0.864. The van der Waals surface area contributed by atoms with Crippen molar-refractivity contribution in [3.63, 3.8) is 0 Å². The number of allylic oxidation sites excluding steroid dienone is 4. The summed E-state index contributed by atoms with van der Waals surface area (Å²) in [6.45, 7) is 4.16. The monoisotopic (exact) mass is 730 g/mol. The molecule has 0 heterocycles. The fraction of sp³-hybridized carbons (Fsp3) is 0.850. The molecule has 0 aliphatic rings. The first-order valence-corrected chi connectivity index (χ1v) is 21.5. The molecule has 0 rings (SSSR count). The smallest absolute Gasteiger partial charge is 0.306 e. The number of ether oxygens (including phenoxy) is 2. The summed E-state index contributed by atoms with van der Waals surface area (Å²) < 4.78 is 33.7. The van der Waals surface area contributed by atoms with Crippen molar-refractivity contribution < 1.29 is 42.1 Å². The van der Waals surface area contributed by atoms with Crippen molar-refractivity contribution in [2.75, 3.05) is 47.5 Å². The Morgan fingerprint density at radius 2 is 1.02 bits per heavy atom. The van der Waals surface area contributed by atoms with E-state index in [9.17, 15) is 19.0 Å². The van der Waals surface area contributed by atoms with E-state index in [2.05, 4.69) is 38.2 Å². The molecule has 0 fully saturated rings. The third kappa shape index (κ3) is 36.3. The normalized spacial score (nSPS) is 14.0. The van der Waals surface area contributed by atoms with Gasteiger partial charge in [0.1, 0.15) is 19.8 Å². The van der Waals surface area contributed by atoms with E-state index < -0.39 is 32.5 Å². The Labute approximate surface area is 307 Å². The third-order valence-electron chi connectivity index (χ3n) is 8.44. The van der Waals surface area contributed by atoms with Gasteiger partial charge in [-0.25, -0.2) is 0 Å². The molecule has 0 saturated carbocycles. The molecule has 294 valence electrons. The number of phosphoric acid groups is 1. The first kappa shape index (κ1) is 48.5. The standard InChI is InChI=1S/C40H76NO8P/c1-6-8-10-12-14-16-18-20-22-24-26-28-30-32-39(42)46-36-38(37-48-50(44,45)47-35-34-41(3,4)5)49-40(43)33-31-29-27-25-23-21-19-17-15-13-11-9-7-2/h16,18,21,23,38H,6-15,17,19-20,22,24-37H2,1-5H3/b18-16+,23-21+/t38-/m1/s1. The van der Waals surface area contributed by atoms with Crippen molar-refractivity contribution in [3.8, 4) is 0 Å². The second kappa shape index (κ2) is 33.3. The average Bonchev–Trinajstić information content (AvgIpc) is 3.06. The molecule has 0 aromatic rings. The predicted molar refractivity (Wildman–Crippen MR) is 204 cm³/mol. The number of hydrogen-bond acceptors (Lipinski definition) is 8. The minimum atomic E-state index is -4.62. The molecule has 0 aliphatic carbocycles. The van der Waals surface area contributed by atoms with Gasteiger partial charge in [0, 0.05) is 12.8 Å². The number of carbonyl (C=O) groups is 2. The van der Waals surface area contributed by atoms with Gasteiger partial charge in [0.05, 0.1) is 27.7 Å². The zero-order valence-corrected chi connectivity index (χ0v) is 33.7. The van der Waals surface area contributed by atoms with Crippen molar-refractivity contribution in [1.82, 2.24) is 0 Å². The van der Waals surface area contributed by atoms with Crippen LogP contribution in [-0.4, -0.2) is 70.0 Å². The van der Waals surface area contributed by atoms with Gasteiger partial charge in [0.15, 0.2) is 6.10 Å². The van der Waals surface area contributed by atoms with Crippen LogP contribution < -0.4 is 4.89 Å². The van der Waals surface area contributed by atoms with E-state index in [0.717, 1.165) is 64.2 Å². The number of quaternary nitrogens is 1. The molecule has 9 nitrogen and oxygen atoms in total. The van der Waals surface area contributed by atoms with Crippen LogP contribution >= 0.6 is 7.82 Å². The van der Waals surface area contributed by atoms with Gasteiger partial charge in [0.25, 0.3) is 7.82 Å². The van der Waals surface area contributed by atoms with Gasteiger partial charge in [0.2, 0.25) is 0 Å². The maximum atomic E-state index is 12.6. The van der Waals surface area contributed by atoms with Crippen LogP contribution in [0.25, 0.3) is 0 Å². The number of likely N-dealkylation sites (N-methyl/N-ethyl adjacent to an activating group) is 1. The fourth-order valence-corrected chi connectivity index (χ4v) is 5.96. The Morgan fingerprint density at radius 1 is 0.600 bits per heavy atom. The molecule has 0 radical (unpaired) electrons. The van der Waals surface area contributed by atoms with Crippen molar-refractivity contribution in [2.24, 2.45) is 0 Å². The molecule has 1 unspecified atom stereocenters. The van der Waals surface area contributed by atoms with Gasteiger partial charge in [-0.2, -0.15) is 0 Å². The molecule has 50 heavy (non-hydrogen) atoms. The van der Waals surface area contributed by atoms with Crippen LogP contribution in [0.15, 0.2) is 24.3 Å². The van der Waals surface area contributed by atoms with E-state index in [4.69, 9.17) is 18.5 Å². The maximum Gasteiger partial charge on any atom is 0.306 e. The van der Waals surface area contributed by atoms with Gasteiger partial charge in [-0.15, -0.1) is 0 Å². The Kier molecular flexibility index (Phi) is 32.3. The number of esters is 2. The van der Waals surface area contributed by atoms with Gasteiger partial charge in [-0.05, 0) is 64.2 Å². The summed E-state index contributed by atoms with van der Waals surface area (Å²) in [4.78, 5) is 37.3. The zero-order chi connectivity index (χ0) is 37.2. The summed E-state index contributed by atoms with van der Waals surface area (Å²) in [5, 5.41) is 0. The lowest BCUT2D eigenvalue weighted by Crippen LogP contribution is -2.37. The summed E-state index contributed by atoms with van der Waals surface area (Å²) >= 11 is 0. The summed E-state index contributed by atoms with van der Waals surface area (Å²) in [6.07, 6.45) is 33.4. The molecule has 2 atom stereocenters. The maximum absolute atomic E-state index is 12.6. The zero-order valence-electron chi connectivity index (χ0n) is 32.8. The SMILES string of the molecule is CCCCCC/C=C/CCCCCCCC(=O)OC[C@H](COP(=O)([O-])OCC[N+](C)(C)C)OC(=O)CCCCC/C=C/CCCCCCCC. The minimum Gasteiger partial charge on any atom is -0.756 e. The molecule has 0 saturated heterocycles. The summed E-state index contributed by atoms with van der Waals surface area (Å²) in [5.41, 5.74) is 0. The van der Waals surface area contributed by atoms with Gasteiger partial charge in [-0.3, -0.25) is 14.2 Å². The van der Waals surface area contributed by atoms with Crippen molar-refractivity contribution >= 4 is 19.8 Å². The molecular weight excluding hydrogens is 653 g/mol. The highest BCUT2D eigenvalue weighted by atomic mass is 31.2. The molecule has 0 amide bonds. The number of rotatable bonds is 36. The Balaban J connectivity index is 4.45. The predicted octanol–water partition coefficient (Wildman–Crippen LogP) is 10.2. The lowest BCUT2D eigenvalue weighted by molar-refractivity contribution is -0.870. The molecular formula is C40H76NO8P. The first-order chi connectivity index (χ1) is 24.0. The highest BCUT2D eigenvalue weighted by molar-refractivity contribution is 7.45. The van der Waals surface area contributed by atoms with Gasteiger partial charge < -0.3 is 27.9 Å². The molecule has 0 aliphatic heterocycles.